The Labute approximate surface area is 142 Å². The third-order valence-electron chi connectivity index (χ3n) is 4.38. The topological polar surface area (TPSA) is 49.4 Å². The lowest BCUT2D eigenvalue weighted by Crippen LogP contribution is -2.46. The van der Waals surface area contributed by atoms with Crippen LogP contribution in [0.1, 0.15) is 39.1 Å². The van der Waals surface area contributed by atoms with Crippen molar-refractivity contribution >= 4 is 11.7 Å². The van der Waals surface area contributed by atoms with Gasteiger partial charge in [-0.3, -0.25) is 9.59 Å². The summed E-state index contributed by atoms with van der Waals surface area (Å²) in [6, 6.07) is 16.2. The molecule has 0 bridgehead atoms. The van der Waals surface area contributed by atoms with E-state index in [0.29, 0.717) is 16.7 Å². The summed E-state index contributed by atoms with van der Waals surface area (Å²) in [4.78, 5) is 27.2. The summed E-state index contributed by atoms with van der Waals surface area (Å²) in [5, 5.41) is 3.08. The molecule has 124 valence electrons. The van der Waals surface area contributed by atoms with Gasteiger partial charge in [-0.15, -0.1) is 0 Å². The second-order valence-corrected chi connectivity index (χ2v) is 6.35. The number of carbonyl (C=O) groups excluding carboxylic acids is 2. The number of ketones is 1. The Kier molecular flexibility index (Phi) is 5.06. The summed E-state index contributed by atoms with van der Waals surface area (Å²) in [7, 11) is 2.07. The zero-order chi connectivity index (χ0) is 16.9. The zero-order valence-electron chi connectivity index (χ0n) is 13.9. The number of hydrogen-bond acceptors (Lipinski definition) is 3. The normalized spacial score (nSPS) is 18.1. The number of piperidine rings is 1. The summed E-state index contributed by atoms with van der Waals surface area (Å²) in [5.74, 6) is -0.180. The van der Waals surface area contributed by atoms with E-state index in [4.69, 9.17) is 0 Å². The van der Waals surface area contributed by atoms with E-state index in [1.54, 1.807) is 36.4 Å². The molecule has 0 aromatic heterocycles. The number of likely N-dealkylation sites (N-methyl/N-ethyl adjacent to an activating group) is 1. The molecule has 1 aliphatic rings. The first-order chi connectivity index (χ1) is 11.6. The Morgan fingerprint density at radius 1 is 1.00 bits per heavy atom. The first-order valence-electron chi connectivity index (χ1n) is 8.33. The smallest absolute Gasteiger partial charge is 0.251 e. The molecule has 0 saturated carbocycles. The number of benzene rings is 2. The van der Waals surface area contributed by atoms with E-state index in [0.717, 1.165) is 25.9 Å². The fourth-order valence-electron chi connectivity index (χ4n) is 3.11. The highest BCUT2D eigenvalue weighted by Gasteiger charge is 2.20. The van der Waals surface area contributed by atoms with Crippen molar-refractivity contribution < 1.29 is 9.59 Å². The maximum absolute atomic E-state index is 12.5. The van der Waals surface area contributed by atoms with Gasteiger partial charge in [-0.1, -0.05) is 42.5 Å². The average molecular weight is 322 g/mol. The van der Waals surface area contributed by atoms with Gasteiger partial charge >= 0.3 is 0 Å². The van der Waals surface area contributed by atoms with E-state index in [1.165, 1.54) is 0 Å². The van der Waals surface area contributed by atoms with Gasteiger partial charge in [0, 0.05) is 29.3 Å². The van der Waals surface area contributed by atoms with Gasteiger partial charge in [0.1, 0.15) is 0 Å². The molecule has 1 amide bonds. The summed E-state index contributed by atoms with van der Waals surface area (Å²) in [6.07, 6.45) is 2.09. The molecule has 0 radical (unpaired) electrons. The van der Waals surface area contributed by atoms with Crippen molar-refractivity contribution in [3.05, 3.63) is 71.3 Å². The molecule has 1 saturated heterocycles. The highest BCUT2D eigenvalue weighted by Crippen LogP contribution is 2.13. The highest BCUT2D eigenvalue weighted by atomic mass is 16.1. The van der Waals surface area contributed by atoms with E-state index in [-0.39, 0.29) is 17.7 Å². The third kappa shape index (κ3) is 3.89. The quantitative estimate of drug-likeness (QED) is 0.881. The molecule has 1 atom stereocenters. The number of nitrogens with one attached hydrogen (secondary N) is 1. The largest absolute Gasteiger partial charge is 0.348 e. The van der Waals surface area contributed by atoms with E-state index in [1.807, 2.05) is 18.2 Å². The maximum atomic E-state index is 12.5. The maximum Gasteiger partial charge on any atom is 0.251 e. The minimum absolute atomic E-state index is 0.0670. The molecule has 1 aliphatic heterocycles. The number of carbonyl (C=O) groups is 2. The first-order valence-corrected chi connectivity index (χ1v) is 8.33. The van der Waals surface area contributed by atoms with Gasteiger partial charge in [0.15, 0.2) is 5.78 Å². The van der Waals surface area contributed by atoms with E-state index in [9.17, 15) is 9.59 Å². The average Bonchev–Trinajstić information content (AvgIpc) is 2.62. The molecule has 4 nitrogen and oxygen atoms in total. The lowest BCUT2D eigenvalue weighted by Gasteiger charge is -2.30. The van der Waals surface area contributed by atoms with Crippen LogP contribution in [0.2, 0.25) is 0 Å². The van der Waals surface area contributed by atoms with E-state index >= 15 is 0 Å². The predicted molar refractivity (Wildman–Crippen MR) is 94.3 cm³/mol. The number of rotatable bonds is 4. The van der Waals surface area contributed by atoms with Gasteiger partial charge in [-0.2, -0.15) is 0 Å². The molecule has 4 heteroatoms. The van der Waals surface area contributed by atoms with Crippen LogP contribution in [0.3, 0.4) is 0 Å². The standard InChI is InChI=1S/C20H22N2O2/c1-22-12-6-11-18(14-22)21-20(24)17-10-5-9-16(13-17)19(23)15-7-3-2-4-8-15/h2-5,7-10,13,18H,6,11-12,14H2,1H3,(H,21,24)/t18-/m1/s1. The molecular formula is C20H22N2O2. The molecule has 0 aliphatic carbocycles. The summed E-state index contributed by atoms with van der Waals surface area (Å²) < 4.78 is 0. The molecule has 24 heavy (non-hydrogen) atoms. The zero-order valence-corrected chi connectivity index (χ0v) is 13.9. The number of hydrogen-bond donors (Lipinski definition) is 1. The van der Waals surface area contributed by atoms with Crippen molar-refractivity contribution in [1.29, 1.82) is 0 Å². The molecule has 0 unspecified atom stereocenters. The van der Waals surface area contributed by atoms with Crippen molar-refractivity contribution in [3.8, 4) is 0 Å². The predicted octanol–water partition coefficient (Wildman–Crippen LogP) is 2.74. The number of amides is 1. The van der Waals surface area contributed by atoms with Gasteiger partial charge in [0.2, 0.25) is 0 Å². The monoisotopic (exact) mass is 322 g/mol. The van der Waals surface area contributed by atoms with Gasteiger partial charge in [-0.05, 0) is 38.6 Å². The highest BCUT2D eigenvalue weighted by molar-refractivity contribution is 6.10. The Morgan fingerprint density at radius 2 is 1.71 bits per heavy atom. The van der Waals surface area contributed by atoms with Crippen LogP contribution < -0.4 is 5.32 Å². The van der Waals surface area contributed by atoms with Gasteiger partial charge in [0.05, 0.1) is 0 Å². The van der Waals surface area contributed by atoms with Crippen molar-refractivity contribution in [2.24, 2.45) is 0 Å². The summed E-state index contributed by atoms with van der Waals surface area (Å²) in [5.41, 5.74) is 1.70. The van der Waals surface area contributed by atoms with E-state index < -0.39 is 0 Å². The van der Waals surface area contributed by atoms with Gasteiger partial charge in [0.25, 0.3) is 5.91 Å². The van der Waals surface area contributed by atoms with Crippen LogP contribution >= 0.6 is 0 Å². The Morgan fingerprint density at radius 3 is 2.46 bits per heavy atom. The van der Waals surface area contributed by atoms with Crippen LogP contribution in [0, 0.1) is 0 Å². The Hall–Kier alpha value is -2.46. The lowest BCUT2D eigenvalue weighted by atomic mass is 10.0. The summed E-state index contributed by atoms with van der Waals surface area (Å²) >= 11 is 0. The number of nitrogens with zero attached hydrogens (tertiary/aromatic N) is 1. The second kappa shape index (κ2) is 7.41. The minimum atomic E-state index is -0.113. The van der Waals surface area contributed by atoms with Crippen molar-refractivity contribution in [1.82, 2.24) is 10.2 Å². The third-order valence-corrected chi connectivity index (χ3v) is 4.38. The van der Waals surface area contributed by atoms with Crippen LogP contribution in [-0.4, -0.2) is 42.8 Å². The molecule has 3 rings (SSSR count). The first kappa shape index (κ1) is 16.4. The van der Waals surface area contributed by atoms with Gasteiger partial charge in [-0.25, -0.2) is 0 Å². The minimum Gasteiger partial charge on any atom is -0.348 e. The second-order valence-electron chi connectivity index (χ2n) is 6.35. The van der Waals surface area contributed by atoms with Crippen molar-refractivity contribution in [2.45, 2.75) is 18.9 Å². The molecule has 2 aromatic carbocycles. The van der Waals surface area contributed by atoms with Gasteiger partial charge < -0.3 is 10.2 Å². The van der Waals surface area contributed by atoms with E-state index in [2.05, 4.69) is 17.3 Å². The van der Waals surface area contributed by atoms with Crippen molar-refractivity contribution in [3.63, 3.8) is 0 Å². The Bertz CT molecular complexity index is 727. The van der Waals surface area contributed by atoms with Crippen LogP contribution in [0.25, 0.3) is 0 Å². The fourth-order valence-corrected chi connectivity index (χ4v) is 3.11. The molecule has 1 N–H and O–H groups in total. The molecule has 1 fully saturated rings. The van der Waals surface area contributed by atoms with Crippen LogP contribution in [0.15, 0.2) is 54.6 Å². The lowest BCUT2D eigenvalue weighted by molar-refractivity contribution is 0.0912. The molecule has 1 heterocycles. The molecule has 0 spiro atoms. The number of likely N-dealkylation sites (tertiary alicyclic amines) is 1. The van der Waals surface area contributed by atoms with Crippen LogP contribution in [0.5, 0.6) is 0 Å². The fraction of sp³-hybridized carbons (Fsp3) is 0.300. The SMILES string of the molecule is CN1CCC[C@@H](NC(=O)c2cccc(C(=O)c3ccccc3)c2)C1. The van der Waals surface area contributed by atoms with Crippen LogP contribution in [0.4, 0.5) is 0 Å². The molecule has 2 aromatic rings. The van der Waals surface area contributed by atoms with Crippen molar-refractivity contribution in [2.75, 3.05) is 20.1 Å². The molecular weight excluding hydrogens is 300 g/mol. The summed E-state index contributed by atoms with van der Waals surface area (Å²) in [6.45, 7) is 1.95. The Balaban J connectivity index is 1.73. The van der Waals surface area contributed by atoms with Crippen LogP contribution in [-0.2, 0) is 0 Å².